The van der Waals surface area contributed by atoms with Gasteiger partial charge in [-0.3, -0.25) is 4.79 Å². The fourth-order valence-corrected chi connectivity index (χ4v) is 2.77. The highest BCUT2D eigenvalue weighted by Gasteiger charge is 2.26. The van der Waals surface area contributed by atoms with E-state index in [1.54, 1.807) is 0 Å². The van der Waals surface area contributed by atoms with Crippen LogP contribution in [0.25, 0.3) is 0 Å². The highest BCUT2D eigenvalue weighted by molar-refractivity contribution is 7.75. The van der Waals surface area contributed by atoms with Crippen LogP contribution >= 0.6 is 7.26 Å². The van der Waals surface area contributed by atoms with Gasteiger partial charge >= 0.3 is 0 Å². The van der Waals surface area contributed by atoms with Crippen molar-refractivity contribution < 1.29 is 4.79 Å². The van der Waals surface area contributed by atoms with Crippen LogP contribution < -0.4 is 5.32 Å². The summed E-state index contributed by atoms with van der Waals surface area (Å²) in [7, 11) is -1.06. The van der Waals surface area contributed by atoms with E-state index in [2.05, 4.69) is 25.6 Å². The number of carbonyl (C=O) groups is 1. The molecule has 2 nitrogen and oxygen atoms in total. The Balaban J connectivity index is 2.75. The van der Waals surface area contributed by atoms with Gasteiger partial charge in [-0.1, -0.05) is 18.2 Å². The van der Waals surface area contributed by atoms with Gasteiger partial charge in [0.05, 0.1) is 6.16 Å². The average Bonchev–Trinajstić information content (AvgIpc) is 2.23. The van der Waals surface area contributed by atoms with Gasteiger partial charge in [-0.2, -0.15) is 0 Å². The summed E-state index contributed by atoms with van der Waals surface area (Å²) in [6, 6.07) is 6.08. The van der Waals surface area contributed by atoms with Crippen molar-refractivity contribution in [2.24, 2.45) is 0 Å². The number of rotatable bonds is 4. The summed E-state index contributed by atoms with van der Waals surface area (Å²) in [6.45, 7) is 10.7. The number of nitrogens with one attached hydrogen (secondary N) is 1. The molecule has 0 radical (unpaired) electrons. The maximum Gasteiger partial charge on any atom is 0.261 e. The van der Waals surface area contributed by atoms with Gasteiger partial charge in [-0.25, -0.2) is 0 Å². The van der Waals surface area contributed by atoms with E-state index in [9.17, 15) is 4.79 Å². The highest BCUT2D eigenvalue weighted by Crippen LogP contribution is 2.50. The van der Waals surface area contributed by atoms with E-state index in [0.717, 1.165) is 23.0 Å². The third-order valence-electron chi connectivity index (χ3n) is 3.17. The number of aryl methyl sites for hydroxylation is 2. The van der Waals surface area contributed by atoms with Crippen molar-refractivity contribution in [1.82, 2.24) is 0 Å². The van der Waals surface area contributed by atoms with E-state index in [4.69, 9.17) is 0 Å². The Bertz CT molecular complexity index is 392. The zero-order valence-corrected chi connectivity index (χ0v) is 12.4. The van der Waals surface area contributed by atoms with Crippen LogP contribution in [0.2, 0.25) is 0 Å². The molecule has 1 rings (SSSR count). The maximum atomic E-state index is 12.0. The molecule has 0 aliphatic heterocycles. The van der Waals surface area contributed by atoms with E-state index >= 15 is 0 Å². The van der Waals surface area contributed by atoms with Gasteiger partial charge in [-0.15, -0.1) is 0 Å². The molecule has 0 heterocycles. The Morgan fingerprint density at radius 2 is 1.76 bits per heavy atom. The summed E-state index contributed by atoms with van der Waals surface area (Å²) in [4.78, 5) is 12.0. The van der Waals surface area contributed by atoms with Crippen molar-refractivity contribution in [1.29, 1.82) is 0 Å². The van der Waals surface area contributed by atoms with E-state index in [1.807, 2.05) is 32.0 Å². The molecule has 1 aromatic carbocycles. The molecule has 0 bridgehead atoms. The lowest BCUT2D eigenvalue weighted by molar-refractivity contribution is -0.113. The lowest BCUT2D eigenvalue weighted by Crippen LogP contribution is -2.19. The van der Waals surface area contributed by atoms with E-state index in [1.165, 1.54) is 0 Å². The lowest BCUT2D eigenvalue weighted by Gasteiger charge is -2.17. The standard InChI is InChI=1S/C14H22NOP/c1-6-17(4,5)10-13(16)15-14-11(2)8-7-9-12(14)3/h7-9H,6,10H2,1-5H3/p+1. The summed E-state index contributed by atoms with van der Waals surface area (Å²) in [5.41, 5.74) is 3.24. The molecule has 0 spiro atoms. The van der Waals surface area contributed by atoms with Crippen molar-refractivity contribution in [2.45, 2.75) is 20.8 Å². The van der Waals surface area contributed by atoms with Crippen LogP contribution in [-0.4, -0.2) is 31.6 Å². The van der Waals surface area contributed by atoms with Gasteiger partial charge in [0.15, 0.2) is 0 Å². The molecule has 0 atom stereocenters. The minimum Gasteiger partial charge on any atom is -0.322 e. The Kier molecular flexibility index (Phi) is 4.70. The zero-order valence-electron chi connectivity index (χ0n) is 11.5. The molecule has 0 unspecified atom stereocenters. The minimum absolute atomic E-state index is 0.155. The summed E-state index contributed by atoms with van der Waals surface area (Å²) >= 11 is 0. The monoisotopic (exact) mass is 252 g/mol. The molecule has 0 aliphatic carbocycles. The minimum atomic E-state index is -1.06. The van der Waals surface area contributed by atoms with Gasteiger partial charge in [0, 0.05) is 26.3 Å². The first-order chi connectivity index (χ1) is 7.85. The molecular weight excluding hydrogens is 229 g/mol. The fourth-order valence-electron chi connectivity index (χ4n) is 1.69. The first-order valence-corrected chi connectivity index (χ1v) is 9.09. The maximum absolute atomic E-state index is 12.0. The summed E-state index contributed by atoms with van der Waals surface area (Å²) in [5, 5.41) is 3.06. The van der Waals surface area contributed by atoms with Gasteiger partial charge in [0.25, 0.3) is 5.91 Å². The van der Waals surface area contributed by atoms with Crippen LogP contribution in [-0.2, 0) is 4.79 Å². The van der Waals surface area contributed by atoms with Crippen molar-refractivity contribution in [2.75, 3.05) is 31.0 Å². The Morgan fingerprint density at radius 1 is 1.24 bits per heavy atom. The Morgan fingerprint density at radius 3 is 2.24 bits per heavy atom. The summed E-state index contributed by atoms with van der Waals surface area (Å²) in [5.74, 6) is 0.155. The molecule has 1 amide bonds. The molecule has 3 heteroatoms. The van der Waals surface area contributed by atoms with Gasteiger partial charge in [0.1, 0.15) is 6.16 Å². The average molecular weight is 252 g/mol. The SMILES string of the molecule is CC[P+](C)(C)CC(=O)Nc1c(C)cccc1C. The number of anilines is 1. The number of amides is 1. The zero-order chi connectivity index (χ0) is 13.1. The molecule has 0 aliphatic rings. The molecule has 1 aromatic rings. The molecule has 0 saturated carbocycles. The topological polar surface area (TPSA) is 29.1 Å². The molecule has 17 heavy (non-hydrogen) atoms. The van der Waals surface area contributed by atoms with Gasteiger partial charge in [0.2, 0.25) is 0 Å². The second-order valence-electron chi connectivity index (χ2n) is 5.23. The van der Waals surface area contributed by atoms with Crippen LogP contribution in [0.1, 0.15) is 18.1 Å². The van der Waals surface area contributed by atoms with Crippen molar-refractivity contribution in [3.63, 3.8) is 0 Å². The second kappa shape index (κ2) is 5.64. The van der Waals surface area contributed by atoms with Crippen molar-refractivity contribution in [3.8, 4) is 0 Å². The molecular formula is C14H23NOP+. The van der Waals surface area contributed by atoms with Crippen LogP contribution in [0.4, 0.5) is 5.69 Å². The number of carbonyl (C=O) groups excluding carboxylic acids is 1. The normalized spacial score (nSPS) is 11.4. The summed E-state index contributed by atoms with van der Waals surface area (Å²) < 4.78 is 0. The van der Waals surface area contributed by atoms with Crippen molar-refractivity contribution >= 4 is 18.9 Å². The number of hydrogen-bond donors (Lipinski definition) is 1. The fraction of sp³-hybridized carbons (Fsp3) is 0.500. The first-order valence-electron chi connectivity index (χ1n) is 6.04. The van der Waals surface area contributed by atoms with Gasteiger partial charge < -0.3 is 5.32 Å². The number of benzene rings is 1. The second-order valence-corrected chi connectivity index (χ2v) is 10.0. The first kappa shape index (κ1) is 14.2. The van der Waals surface area contributed by atoms with Crippen LogP contribution in [0, 0.1) is 13.8 Å². The van der Waals surface area contributed by atoms with Gasteiger partial charge in [-0.05, 0) is 31.9 Å². The predicted molar refractivity (Wildman–Crippen MR) is 78.7 cm³/mol. The van der Waals surface area contributed by atoms with Crippen LogP contribution in [0.3, 0.4) is 0 Å². The van der Waals surface area contributed by atoms with Crippen LogP contribution in [0.15, 0.2) is 18.2 Å². The smallest absolute Gasteiger partial charge is 0.261 e. The van der Waals surface area contributed by atoms with E-state index in [-0.39, 0.29) is 5.91 Å². The lowest BCUT2D eigenvalue weighted by atomic mass is 10.1. The Hall–Kier alpha value is -0.880. The Labute approximate surface area is 105 Å². The number of para-hydroxylation sites is 1. The largest absolute Gasteiger partial charge is 0.322 e. The summed E-state index contributed by atoms with van der Waals surface area (Å²) in [6.07, 6.45) is 1.80. The third-order valence-corrected chi connectivity index (χ3v) is 6.03. The molecule has 1 N–H and O–H groups in total. The molecule has 0 aromatic heterocycles. The van der Waals surface area contributed by atoms with E-state index < -0.39 is 7.26 Å². The number of hydrogen-bond acceptors (Lipinski definition) is 1. The molecule has 94 valence electrons. The predicted octanol–water partition coefficient (Wildman–Crippen LogP) is 3.54. The van der Waals surface area contributed by atoms with E-state index in [0.29, 0.717) is 6.16 Å². The quantitative estimate of drug-likeness (QED) is 0.816. The van der Waals surface area contributed by atoms with Crippen LogP contribution in [0.5, 0.6) is 0 Å². The van der Waals surface area contributed by atoms with Crippen molar-refractivity contribution in [3.05, 3.63) is 29.3 Å². The third kappa shape index (κ3) is 4.12. The highest BCUT2D eigenvalue weighted by atomic mass is 31.2. The molecule has 0 fully saturated rings. The molecule has 0 saturated heterocycles.